The summed E-state index contributed by atoms with van der Waals surface area (Å²) < 4.78 is 0. The van der Waals surface area contributed by atoms with Gasteiger partial charge in [-0.1, -0.05) is 71.0 Å². The summed E-state index contributed by atoms with van der Waals surface area (Å²) in [5.41, 5.74) is 4.27. The second kappa shape index (κ2) is 5.34. The van der Waals surface area contributed by atoms with Crippen LogP contribution in [0.15, 0.2) is 52.3 Å². The Morgan fingerprint density at radius 2 is 1.59 bits per heavy atom. The molecular weight excluding hydrogens is 286 g/mol. The maximum Gasteiger partial charge on any atom is 0.0526 e. The second-order valence-corrected chi connectivity index (χ2v) is 8.38. The summed E-state index contributed by atoms with van der Waals surface area (Å²) in [7, 11) is 0. The van der Waals surface area contributed by atoms with Crippen LogP contribution in [-0.2, 0) is 5.41 Å². The van der Waals surface area contributed by atoms with Crippen LogP contribution >= 0.6 is 11.8 Å². The van der Waals surface area contributed by atoms with E-state index in [0.29, 0.717) is 0 Å². The van der Waals surface area contributed by atoms with Gasteiger partial charge >= 0.3 is 0 Å². The highest BCUT2D eigenvalue weighted by Crippen LogP contribution is 2.48. The van der Waals surface area contributed by atoms with Gasteiger partial charge in [0.05, 0.1) is 11.4 Å². The summed E-state index contributed by atoms with van der Waals surface area (Å²) in [5, 5.41) is 3.55. The van der Waals surface area contributed by atoms with Crippen LogP contribution in [0.3, 0.4) is 0 Å². The molecule has 1 aliphatic heterocycles. The van der Waals surface area contributed by atoms with Crippen molar-refractivity contribution >= 4 is 23.1 Å². The number of fused-ring (bicyclic) bond motifs is 2. The molecule has 0 saturated heterocycles. The minimum absolute atomic E-state index is 0.147. The SMILES string of the molecule is CCC(C)(C)C(C)(C)c1ccc2c(c1)Sc1ccccc1N2. The summed E-state index contributed by atoms with van der Waals surface area (Å²) in [6, 6.07) is 15.4. The zero-order chi connectivity index (χ0) is 16.0. The molecule has 0 aromatic heterocycles. The van der Waals surface area contributed by atoms with Crippen LogP contribution in [0.4, 0.5) is 11.4 Å². The third-order valence-corrected chi connectivity index (χ3v) is 6.79. The van der Waals surface area contributed by atoms with Gasteiger partial charge in [0.1, 0.15) is 0 Å². The van der Waals surface area contributed by atoms with Crippen molar-refractivity contribution in [2.75, 3.05) is 5.32 Å². The van der Waals surface area contributed by atoms with Crippen LogP contribution in [0.1, 0.15) is 46.6 Å². The van der Waals surface area contributed by atoms with E-state index in [9.17, 15) is 0 Å². The van der Waals surface area contributed by atoms with E-state index in [1.165, 1.54) is 33.2 Å². The van der Waals surface area contributed by atoms with Crippen molar-refractivity contribution < 1.29 is 0 Å². The Balaban J connectivity index is 2.00. The first-order valence-electron chi connectivity index (χ1n) is 8.03. The fourth-order valence-electron chi connectivity index (χ4n) is 2.85. The summed E-state index contributed by atoms with van der Waals surface area (Å²) in [6.07, 6.45) is 1.17. The third-order valence-electron chi connectivity index (χ3n) is 5.66. The molecule has 0 radical (unpaired) electrons. The van der Waals surface area contributed by atoms with E-state index in [0.717, 1.165) is 0 Å². The number of anilines is 2. The molecule has 0 aliphatic carbocycles. The predicted octanol–water partition coefficient (Wildman–Crippen LogP) is 6.61. The molecule has 1 heterocycles. The van der Waals surface area contributed by atoms with Gasteiger partial charge in [-0.15, -0.1) is 0 Å². The van der Waals surface area contributed by atoms with E-state index in [-0.39, 0.29) is 10.8 Å². The molecule has 2 heteroatoms. The van der Waals surface area contributed by atoms with Crippen LogP contribution < -0.4 is 5.32 Å². The number of rotatable bonds is 3. The highest BCUT2D eigenvalue weighted by Gasteiger charge is 2.37. The molecule has 2 aromatic carbocycles. The Bertz CT molecular complexity index is 701. The number of hydrogen-bond acceptors (Lipinski definition) is 2. The first kappa shape index (κ1) is 15.5. The Morgan fingerprint density at radius 1 is 0.909 bits per heavy atom. The van der Waals surface area contributed by atoms with Crippen molar-refractivity contribution in [3.63, 3.8) is 0 Å². The summed E-state index contributed by atoms with van der Waals surface area (Å²) in [6.45, 7) is 11.8. The van der Waals surface area contributed by atoms with Gasteiger partial charge in [0.15, 0.2) is 0 Å². The van der Waals surface area contributed by atoms with E-state index < -0.39 is 0 Å². The van der Waals surface area contributed by atoms with Gasteiger partial charge in [-0.05, 0) is 40.7 Å². The molecule has 3 rings (SSSR count). The van der Waals surface area contributed by atoms with Gasteiger partial charge in [0.2, 0.25) is 0 Å². The zero-order valence-electron chi connectivity index (χ0n) is 14.2. The number of para-hydroxylation sites is 1. The van der Waals surface area contributed by atoms with Crippen molar-refractivity contribution in [2.45, 2.75) is 56.2 Å². The molecule has 0 atom stereocenters. The topological polar surface area (TPSA) is 12.0 Å². The van der Waals surface area contributed by atoms with Gasteiger partial charge in [-0.2, -0.15) is 0 Å². The number of hydrogen-bond donors (Lipinski definition) is 1. The molecule has 0 fully saturated rings. The van der Waals surface area contributed by atoms with E-state index in [1.807, 2.05) is 11.8 Å². The van der Waals surface area contributed by atoms with Crippen LogP contribution in [0.2, 0.25) is 0 Å². The maximum atomic E-state index is 3.55. The highest BCUT2D eigenvalue weighted by atomic mass is 32.2. The predicted molar refractivity (Wildman–Crippen MR) is 97.4 cm³/mol. The molecule has 2 aromatic rings. The lowest BCUT2D eigenvalue weighted by molar-refractivity contribution is 0.189. The lowest BCUT2D eigenvalue weighted by Crippen LogP contribution is -2.36. The number of benzene rings is 2. The summed E-state index contributed by atoms with van der Waals surface area (Å²) in [4.78, 5) is 2.64. The fraction of sp³-hybridized carbons (Fsp3) is 0.400. The van der Waals surface area contributed by atoms with Crippen molar-refractivity contribution in [2.24, 2.45) is 5.41 Å². The minimum atomic E-state index is 0.147. The normalized spacial score (nSPS) is 14.0. The average Bonchev–Trinajstić information content (AvgIpc) is 2.52. The second-order valence-electron chi connectivity index (χ2n) is 7.30. The van der Waals surface area contributed by atoms with Crippen molar-refractivity contribution in [3.05, 3.63) is 48.0 Å². The molecule has 1 nitrogen and oxygen atoms in total. The summed E-state index contributed by atoms with van der Waals surface area (Å²) in [5.74, 6) is 0. The molecule has 0 bridgehead atoms. The molecular formula is C20H25NS. The lowest BCUT2D eigenvalue weighted by atomic mass is 9.63. The minimum Gasteiger partial charge on any atom is -0.354 e. The van der Waals surface area contributed by atoms with E-state index in [4.69, 9.17) is 0 Å². The van der Waals surface area contributed by atoms with Gasteiger partial charge in [0.25, 0.3) is 0 Å². The van der Waals surface area contributed by atoms with Gasteiger partial charge in [-0.3, -0.25) is 0 Å². The molecule has 22 heavy (non-hydrogen) atoms. The largest absolute Gasteiger partial charge is 0.354 e. The number of nitrogens with one attached hydrogen (secondary N) is 1. The Kier molecular flexibility index (Phi) is 3.76. The highest BCUT2D eigenvalue weighted by molar-refractivity contribution is 7.99. The maximum absolute atomic E-state index is 3.55. The molecule has 116 valence electrons. The van der Waals surface area contributed by atoms with E-state index >= 15 is 0 Å². The standard InChI is InChI=1S/C20H25NS/c1-6-19(2,3)20(4,5)14-11-12-16-18(13-14)22-17-10-8-7-9-15(17)21-16/h7-13,21H,6H2,1-5H3. The summed E-state index contributed by atoms with van der Waals surface area (Å²) >= 11 is 1.87. The quantitative estimate of drug-likeness (QED) is 0.584. The Labute approximate surface area is 138 Å². The monoisotopic (exact) mass is 311 g/mol. The van der Waals surface area contributed by atoms with E-state index in [2.05, 4.69) is 82.4 Å². The Morgan fingerprint density at radius 3 is 2.32 bits per heavy atom. The van der Waals surface area contributed by atoms with Crippen molar-refractivity contribution in [3.8, 4) is 0 Å². The molecule has 0 saturated carbocycles. The first-order chi connectivity index (χ1) is 10.3. The van der Waals surface area contributed by atoms with Gasteiger partial charge in [-0.25, -0.2) is 0 Å². The van der Waals surface area contributed by atoms with Crippen LogP contribution in [-0.4, -0.2) is 0 Å². The molecule has 1 aliphatic rings. The van der Waals surface area contributed by atoms with Crippen LogP contribution in [0.5, 0.6) is 0 Å². The van der Waals surface area contributed by atoms with Crippen molar-refractivity contribution in [1.29, 1.82) is 0 Å². The average molecular weight is 311 g/mol. The van der Waals surface area contributed by atoms with Gasteiger partial charge < -0.3 is 5.32 Å². The van der Waals surface area contributed by atoms with Crippen LogP contribution in [0.25, 0.3) is 0 Å². The van der Waals surface area contributed by atoms with E-state index in [1.54, 1.807) is 0 Å². The lowest BCUT2D eigenvalue weighted by Gasteiger charge is -2.42. The first-order valence-corrected chi connectivity index (χ1v) is 8.85. The fourth-order valence-corrected chi connectivity index (χ4v) is 3.88. The smallest absolute Gasteiger partial charge is 0.0526 e. The van der Waals surface area contributed by atoms with Crippen LogP contribution in [0, 0.1) is 5.41 Å². The molecule has 0 spiro atoms. The molecule has 1 N–H and O–H groups in total. The molecule has 0 amide bonds. The van der Waals surface area contributed by atoms with Crippen molar-refractivity contribution in [1.82, 2.24) is 0 Å². The zero-order valence-corrected chi connectivity index (χ0v) is 15.0. The van der Waals surface area contributed by atoms with Gasteiger partial charge in [0, 0.05) is 9.79 Å². The third kappa shape index (κ3) is 2.44. The molecule has 0 unspecified atom stereocenters. The Hall–Kier alpha value is -1.41.